The van der Waals surface area contributed by atoms with Crippen LogP contribution in [0.25, 0.3) is 0 Å². The Morgan fingerprint density at radius 1 is 1.28 bits per heavy atom. The van der Waals surface area contributed by atoms with E-state index in [2.05, 4.69) is 10.00 Å². The molecule has 0 aromatic carbocycles. The van der Waals surface area contributed by atoms with Gasteiger partial charge in [-0.05, 0) is 12.8 Å². The summed E-state index contributed by atoms with van der Waals surface area (Å²) in [6.45, 7) is 4.76. The third-order valence-corrected chi connectivity index (χ3v) is 7.44. The molecule has 0 radical (unpaired) electrons. The summed E-state index contributed by atoms with van der Waals surface area (Å²) in [7, 11) is -1.94. The van der Waals surface area contributed by atoms with Gasteiger partial charge in [-0.2, -0.15) is 9.40 Å². The Morgan fingerprint density at radius 2 is 1.96 bits per heavy atom. The van der Waals surface area contributed by atoms with Crippen molar-refractivity contribution in [1.82, 2.24) is 19.0 Å². The van der Waals surface area contributed by atoms with Crippen molar-refractivity contribution < 1.29 is 17.9 Å². The number of aromatic nitrogens is 2. The second kappa shape index (κ2) is 6.15. The van der Waals surface area contributed by atoms with Crippen LogP contribution in [-0.2, 0) is 33.0 Å². The number of hydrogen-bond acceptors (Lipinski definition) is 6. The molecule has 4 heterocycles. The van der Waals surface area contributed by atoms with E-state index in [1.54, 1.807) is 7.05 Å². The number of nitrogens with zero attached hydrogens (tertiary/aromatic N) is 4. The molecule has 1 aromatic heterocycles. The van der Waals surface area contributed by atoms with E-state index < -0.39 is 10.0 Å². The molecule has 0 bridgehead atoms. The van der Waals surface area contributed by atoms with Crippen LogP contribution in [-0.4, -0.2) is 79.1 Å². The highest BCUT2D eigenvalue weighted by atomic mass is 32.2. The van der Waals surface area contributed by atoms with Gasteiger partial charge in [0.25, 0.3) is 10.0 Å². The molecule has 3 saturated heterocycles. The quantitative estimate of drug-likeness (QED) is 0.661. The third kappa shape index (κ3) is 2.92. The van der Waals surface area contributed by atoms with Gasteiger partial charge in [-0.15, -0.1) is 0 Å². The lowest BCUT2D eigenvalue weighted by molar-refractivity contribution is -0.116. The van der Waals surface area contributed by atoms with Crippen LogP contribution in [0.2, 0.25) is 0 Å². The molecule has 138 valence electrons. The molecule has 0 saturated carbocycles. The van der Waals surface area contributed by atoms with Crippen LogP contribution < -0.4 is 0 Å². The van der Waals surface area contributed by atoms with Gasteiger partial charge in [0.05, 0.1) is 5.69 Å². The fourth-order valence-electron chi connectivity index (χ4n) is 4.26. The second-order valence-electron chi connectivity index (χ2n) is 7.49. The van der Waals surface area contributed by atoms with E-state index in [1.165, 1.54) is 15.1 Å². The fraction of sp³-hybridized carbons (Fsp3) is 0.750. The van der Waals surface area contributed by atoms with E-state index >= 15 is 0 Å². The van der Waals surface area contributed by atoms with Crippen LogP contribution in [0.5, 0.6) is 0 Å². The summed E-state index contributed by atoms with van der Waals surface area (Å²) in [5.41, 5.74) is 0.607. The normalized spacial score (nSPS) is 24.8. The first kappa shape index (κ1) is 17.1. The summed E-state index contributed by atoms with van der Waals surface area (Å²) in [6, 6.07) is 2.09. The smallest absolute Gasteiger partial charge is 0.260 e. The summed E-state index contributed by atoms with van der Waals surface area (Å²) in [5.74, 6) is 0. The van der Waals surface area contributed by atoms with Crippen molar-refractivity contribution in [2.24, 2.45) is 12.5 Å². The molecular weight excluding hydrogens is 344 g/mol. The van der Waals surface area contributed by atoms with Gasteiger partial charge >= 0.3 is 0 Å². The van der Waals surface area contributed by atoms with Gasteiger partial charge in [0.1, 0.15) is 6.29 Å². The van der Waals surface area contributed by atoms with Crippen molar-refractivity contribution in [3.63, 3.8) is 0 Å². The number of sulfonamides is 1. The average molecular weight is 368 g/mol. The van der Waals surface area contributed by atoms with Crippen molar-refractivity contribution in [3.05, 3.63) is 11.8 Å². The Hall–Kier alpha value is -1.29. The molecule has 0 unspecified atom stereocenters. The van der Waals surface area contributed by atoms with E-state index in [9.17, 15) is 13.2 Å². The first-order chi connectivity index (χ1) is 11.9. The Kier molecular flexibility index (Phi) is 4.22. The third-order valence-electron chi connectivity index (χ3n) is 5.59. The summed E-state index contributed by atoms with van der Waals surface area (Å²) in [4.78, 5) is 13.1. The molecule has 1 spiro atoms. The van der Waals surface area contributed by atoms with Crippen LogP contribution in [0.15, 0.2) is 11.1 Å². The number of likely N-dealkylation sites (tertiary alicyclic amines) is 1. The lowest BCUT2D eigenvalue weighted by Gasteiger charge is -2.61. The molecule has 1 aromatic rings. The minimum atomic E-state index is -3.54. The van der Waals surface area contributed by atoms with Gasteiger partial charge in [0.15, 0.2) is 5.03 Å². The zero-order valence-corrected chi connectivity index (χ0v) is 15.2. The maximum Gasteiger partial charge on any atom is 0.260 e. The molecule has 3 fully saturated rings. The topological polar surface area (TPSA) is 84.7 Å². The van der Waals surface area contributed by atoms with E-state index in [1.807, 2.05) is 0 Å². The predicted octanol–water partition coefficient (Wildman–Crippen LogP) is -0.353. The molecule has 8 nitrogen and oxygen atoms in total. The fourth-order valence-corrected chi connectivity index (χ4v) is 6.07. The second-order valence-corrected chi connectivity index (χ2v) is 9.37. The van der Waals surface area contributed by atoms with E-state index in [0.717, 1.165) is 45.4 Å². The van der Waals surface area contributed by atoms with Crippen molar-refractivity contribution in [2.75, 3.05) is 39.4 Å². The van der Waals surface area contributed by atoms with Gasteiger partial charge < -0.3 is 9.53 Å². The van der Waals surface area contributed by atoms with Gasteiger partial charge in [-0.25, -0.2) is 8.42 Å². The number of aldehydes is 1. The number of ether oxygens (including phenoxy) is 1. The number of carbonyl (C=O) groups is 1. The largest absolute Gasteiger partial charge is 0.381 e. The lowest BCUT2D eigenvalue weighted by Crippen LogP contribution is -2.74. The van der Waals surface area contributed by atoms with Crippen LogP contribution >= 0.6 is 0 Å². The first-order valence-electron chi connectivity index (χ1n) is 8.72. The van der Waals surface area contributed by atoms with Crippen molar-refractivity contribution >= 4 is 16.3 Å². The minimum absolute atomic E-state index is 0.121. The first-order valence-corrected chi connectivity index (χ1v) is 10.2. The Morgan fingerprint density at radius 3 is 2.60 bits per heavy atom. The molecule has 9 heteroatoms. The maximum atomic E-state index is 12.8. The van der Waals surface area contributed by atoms with E-state index in [-0.39, 0.29) is 16.9 Å². The molecule has 0 amide bonds. The van der Waals surface area contributed by atoms with Crippen LogP contribution in [0.3, 0.4) is 0 Å². The Balaban J connectivity index is 1.38. The van der Waals surface area contributed by atoms with Gasteiger partial charge in [0, 0.05) is 70.4 Å². The molecular formula is C16H24N4O4S. The zero-order valence-electron chi connectivity index (χ0n) is 14.4. The van der Waals surface area contributed by atoms with Gasteiger partial charge in [0.2, 0.25) is 0 Å². The monoisotopic (exact) mass is 368 g/mol. The number of carbonyl (C=O) groups excluding carboxylic acids is 1. The summed E-state index contributed by atoms with van der Waals surface area (Å²) >= 11 is 0. The predicted molar refractivity (Wildman–Crippen MR) is 89.6 cm³/mol. The molecule has 0 aliphatic carbocycles. The molecule has 25 heavy (non-hydrogen) atoms. The number of hydrogen-bond donors (Lipinski definition) is 0. The molecule has 0 atom stereocenters. The molecule has 4 rings (SSSR count). The van der Waals surface area contributed by atoms with Crippen LogP contribution in [0.4, 0.5) is 0 Å². The molecule has 3 aliphatic rings. The zero-order chi connectivity index (χ0) is 17.7. The van der Waals surface area contributed by atoms with Crippen LogP contribution in [0, 0.1) is 5.41 Å². The van der Waals surface area contributed by atoms with E-state index in [4.69, 9.17) is 4.74 Å². The van der Waals surface area contributed by atoms with Crippen molar-refractivity contribution in [1.29, 1.82) is 0 Å². The van der Waals surface area contributed by atoms with Gasteiger partial charge in [-0.1, -0.05) is 0 Å². The highest BCUT2D eigenvalue weighted by Crippen LogP contribution is 2.43. The summed E-state index contributed by atoms with van der Waals surface area (Å²) < 4.78 is 33.9. The summed E-state index contributed by atoms with van der Waals surface area (Å²) in [6.07, 6.45) is 3.02. The standard InChI is InChI=1S/C16H24N4O4S/c1-18-15(8-13(17-18)2-5-21)25(22,23)20-11-16(12-20)9-19(10-16)14-3-6-24-7-4-14/h5,8,14H,2-4,6-7,9-12H2,1H3. The highest BCUT2D eigenvalue weighted by molar-refractivity contribution is 7.89. The maximum absolute atomic E-state index is 12.8. The highest BCUT2D eigenvalue weighted by Gasteiger charge is 2.56. The van der Waals surface area contributed by atoms with Crippen molar-refractivity contribution in [3.8, 4) is 0 Å². The number of rotatable bonds is 5. The van der Waals surface area contributed by atoms with E-state index in [0.29, 0.717) is 24.8 Å². The average Bonchev–Trinajstić information content (AvgIpc) is 2.87. The Labute approximate surface area is 147 Å². The lowest BCUT2D eigenvalue weighted by atomic mass is 9.73. The SMILES string of the molecule is Cn1nc(CC=O)cc1S(=O)(=O)N1CC2(CN(C3CCOCC3)C2)C1. The molecule has 3 aliphatic heterocycles. The number of aryl methyl sites for hydroxylation is 1. The molecule has 0 N–H and O–H groups in total. The minimum Gasteiger partial charge on any atom is -0.381 e. The van der Waals surface area contributed by atoms with Crippen LogP contribution in [0.1, 0.15) is 18.5 Å². The van der Waals surface area contributed by atoms with Gasteiger partial charge in [-0.3, -0.25) is 9.58 Å². The summed E-state index contributed by atoms with van der Waals surface area (Å²) in [5, 5.41) is 4.28. The Bertz CT molecular complexity index is 755. The van der Waals surface area contributed by atoms with Crippen molar-refractivity contribution in [2.45, 2.75) is 30.3 Å².